The van der Waals surface area contributed by atoms with Crippen molar-refractivity contribution in [2.24, 2.45) is 0 Å². The van der Waals surface area contributed by atoms with E-state index in [0.717, 1.165) is 16.9 Å². The zero-order valence-corrected chi connectivity index (χ0v) is 17.1. The highest BCUT2D eigenvalue weighted by molar-refractivity contribution is 5.94. The minimum Gasteiger partial charge on any atom is -0.489 e. The average Bonchev–Trinajstić information content (AvgIpc) is 2.77. The predicted molar refractivity (Wildman–Crippen MR) is 120 cm³/mol. The Balaban J connectivity index is 1.49. The van der Waals surface area contributed by atoms with Gasteiger partial charge in [-0.3, -0.25) is 9.59 Å². The molecule has 154 valence electrons. The molecular weight excluding hydrogens is 378 g/mol. The van der Waals surface area contributed by atoms with Gasteiger partial charge in [-0.1, -0.05) is 36.4 Å². The zero-order chi connectivity index (χ0) is 21.3. The van der Waals surface area contributed by atoms with Gasteiger partial charge < -0.3 is 20.3 Å². The van der Waals surface area contributed by atoms with Gasteiger partial charge in [0.2, 0.25) is 11.8 Å². The summed E-state index contributed by atoms with van der Waals surface area (Å²) >= 11 is 0. The van der Waals surface area contributed by atoms with E-state index in [4.69, 9.17) is 4.74 Å². The first-order valence-electron chi connectivity index (χ1n) is 9.66. The monoisotopic (exact) mass is 403 g/mol. The van der Waals surface area contributed by atoms with Crippen LogP contribution in [0.2, 0.25) is 0 Å². The number of hydrogen-bond donors (Lipinski definition) is 2. The first-order chi connectivity index (χ1) is 14.5. The second kappa shape index (κ2) is 10.1. The topological polar surface area (TPSA) is 70.7 Å². The van der Waals surface area contributed by atoms with Crippen LogP contribution in [-0.2, 0) is 16.2 Å². The van der Waals surface area contributed by atoms with Crippen LogP contribution in [0.3, 0.4) is 0 Å². The van der Waals surface area contributed by atoms with E-state index in [1.165, 1.54) is 6.92 Å². The molecule has 6 heteroatoms. The molecular formula is C24H25N3O3. The van der Waals surface area contributed by atoms with Crippen LogP contribution in [0.15, 0.2) is 78.9 Å². The van der Waals surface area contributed by atoms with Crippen molar-refractivity contribution in [2.75, 3.05) is 29.1 Å². The SMILES string of the molecule is CC(=O)N(C)c1ccc(NCC(=O)Nc2cccc(OCc3ccccc3)c2)cc1. The smallest absolute Gasteiger partial charge is 0.243 e. The Morgan fingerprint density at radius 3 is 2.33 bits per heavy atom. The van der Waals surface area contributed by atoms with Gasteiger partial charge >= 0.3 is 0 Å². The third kappa shape index (κ3) is 6.10. The Hall–Kier alpha value is -3.80. The van der Waals surface area contributed by atoms with E-state index >= 15 is 0 Å². The lowest BCUT2D eigenvalue weighted by Gasteiger charge is -2.15. The van der Waals surface area contributed by atoms with Crippen molar-refractivity contribution in [1.82, 2.24) is 0 Å². The van der Waals surface area contributed by atoms with Gasteiger partial charge in [0.1, 0.15) is 12.4 Å². The van der Waals surface area contributed by atoms with E-state index in [1.807, 2.05) is 72.8 Å². The van der Waals surface area contributed by atoms with Gasteiger partial charge in [0, 0.05) is 37.1 Å². The summed E-state index contributed by atoms with van der Waals surface area (Å²) in [7, 11) is 1.72. The molecule has 3 aromatic rings. The third-order valence-corrected chi connectivity index (χ3v) is 4.55. The van der Waals surface area contributed by atoms with Crippen molar-refractivity contribution in [3.8, 4) is 5.75 Å². The molecule has 0 atom stereocenters. The molecule has 0 heterocycles. The fraction of sp³-hybridized carbons (Fsp3) is 0.167. The maximum atomic E-state index is 12.3. The van der Waals surface area contributed by atoms with Gasteiger partial charge in [-0.05, 0) is 42.0 Å². The van der Waals surface area contributed by atoms with Crippen molar-refractivity contribution in [2.45, 2.75) is 13.5 Å². The minimum atomic E-state index is -0.167. The third-order valence-electron chi connectivity index (χ3n) is 4.55. The van der Waals surface area contributed by atoms with Crippen molar-refractivity contribution in [3.05, 3.63) is 84.4 Å². The molecule has 0 saturated heterocycles. The number of carbonyl (C=O) groups excluding carboxylic acids is 2. The summed E-state index contributed by atoms with van der Waals surface area (Å²) in [4.78, 5) is 25.2. The quantitative estimate of drug-likeness (QED) is 0.588. The van der Waals surface area contributed by atoms with Crippen LogP contribution in [0.5, 0.6) is 5.75 Å². The molecule has 0 radical (unpaired) electrons. The van der Waals surface area contributed by atoms with Gasteiger partial charge in [0.15, 0.2) is 0 Å². The molecule has 0 bridgehead atoms. The molecule has 0 unspecified atom stereocenters. The molecule has 0 spiro atoms. The van der Waals surface area contributed by atoms with Crippen LogP contribution in [0.1, 0.15) is 12.5 Å². The Labute approximate surface area is 176 Å². The van der Waals surface area contributed by atoms with E-state index < -0.39 is 0 Å². The van der Waals surface area contributed by atoms with E-state index in [0.29, 0.717) is 18.0 Å². The average molecular weight is 403 g/mol. The number of nitrogens with zero attached hydrogens (tertiary/aromatic N) is 1. The second-order valence-electron chi connectivity index (χ2n) is 6.83. The van der Waals surface area contributed by atoms with E-state index in [2.05, 4.69) is 10.6 Å². The minimum absolute atomic E-state index is 0.0370. The zero-order valence-electron chi connectivity index (χ0n) is 17.1. The number of anilines is 3. The number of ether oxygens (including phenoxy) is 1. The molecule has 2 amide bonds. The molecule has 0 fully saturated rings. The highest BCUT2D eigenvalue weighted by Gasteiger charge is 2.07. The molecule has 0 aliphatic carbocycles. The van der Waals surface area contributed by atoms with Gasteiger partial charge in [0.05, 0.1) is 6.54 Å². The lowest BCUT2D eigenvalue weighted by molar-refractivity contribution is -0.116. The molecule has 2 N–H and O–H groups in total. The van der Waals surface area contributed by atoms with E-state index in [9.17, 15) is 9.59 Å². The first kappa shape index (κ1) is 20.9. The van der Waals surface area contributed by atoms with Crippen LogP contribution >= 0.6 is 0 Å². The van der Waals surface area contributed by atoms with Crippen LogP contribution in [0.25, 0.3) is 0 Å². The molecule has 0 aliphatic heterocycles. The fourth-order valence-corrected chi connectivity index (χ4v) is 2.78. The summed E-state index contributed by atoms with van der Waals surface area (Å²) in [6, 6.07) is 24.5. The first-order valence-corrected chi connectivity index (χ1v) is 9.66. The molecule has 3 aromatic carbocycles. The summed E-state index contributed by atoms with van der Waals surface area (Å²) in [6.07, 6.45) is 0. The van der Waals surface area contributed by atoms with E-state index in [1.54, 1.807) is 18.0 Å². The highest BCUT2D eigenvalue weighted by Crippen LogP contribution is 2.19. The molecule has 0 saturated carbocycles. The number of rotatable bonds is 8. The van der Waals surface area contributed by atoms with Crippen molar-refractivity contribution < 1.29 is 14.3 Å². The number of hydrogen-bond acceptors (Lipinski definition) is 4. The maximum Gasteiger partial charge on any atom is 0.243 e. The largest absolute Gasteiger partial charge is 0.489 e. The van der Waals surface area contributed by atoms with Gasteiger partial charge in [-0.2, -0.15) is 0 Å². The number of carbonyl (C=O) groups is 2. The number of amides is 2. The summed E-state index contributed by atoms with van der Waals surface area (Å²) in [6.45, 7) is 2.10. The molecule has 3 rings (SSSR count). The Bertz CT molecular complexity index is 988. The Morgan fingerprint density at radius 1 is 0.900 bits per heavy atom. The lowest BCUT2D eigenvalue weighted by atomic mass is 10.2. The van der Waals surface area contributed by atoms with E-state index in [-0.39, 0.29) is 18.4 Å². The summed E-state index contributed by atoms with van der Waals surface area (Å²) in [5.74, 6) is 0.486. The Morgan fingerprint density at radius 2 is 1.63 bits per heavy atom. The number of nitrogens with one attached hydrogen (secondary N) is 2. The second-order valence-corrected chi connectivity index (χ2v) is 6.83. The molecule has 0 aliphatic rings. The van der Waals surface area contributed by atoms with Gasteiger partial charge in [-0.15, -0.1) is 0 Å². The van der Waals surface area contributed by atoms with Crippen LogP contribution in [0, 0.1) is 0 Å². The predicted octanol–water partition coefficient (Wildman–Crippen LogP) is 4.30. The Kier molecular flexibility index (Phi) is 7.05. The van der Waals surface area contributed by atoms with Crippen LogP contribution < -0.4 is 20.3 Å². The molecule has 30 heavy (non-hydrogen) atoms. The summed E-state index contributed by atoms with van der Waals surface area (Å²) in [5.41, 5.74) is 3.35. The summed E-state index contributed by atoms with van der Waals surface area (Å²) in [5, 5.41) is 5.94. The van der Waals surface area contributed by atoms with Crippen molar-refractivity contribution in [1.29, 1.82) is 0 Å². The van der Waals surface area contributed by atoms with Gasteiger partial charge in [0.25, 0.3) is 0 Å². The van der Waals surface area contributed by atoms with Crippen LogP contribution in [0.4, 0.5) is 17.1 Å². The molecule has 6 nitrogen and oxygen atoms in total. The van der Waals surface area contributed by atoms with Crippen molar-refractivity contribution in [3.63, 3.8) is 0 Å². The normalized spacial score (nSPS) is 10.2. The van der Waals surface area contributed by atoms with Crippen molar-refractivity contribution >= 4 is 28.9 Å². The lowest BCUT2D eigenvalue weighted by Crippen LogP contribution is -2.23. The fourth-order valence-electron chi connectivity index (χ4n) is 2.78. The highest BCUT2D eigenvalue weighted by atomic mass is 16.5. The van der Waals surface area contributed by atoms with Gasteiger partial charge in [-0.25, -0.2) is 0 Å². The maximum absolute atomic E-state index is 12.3. The summed E-state index contributed by atoms with van der Waals surface area (Å²) < 4.78 is 5.80. The van der Waals surface area contributed by atoms with Crippen LogP contribution in [-0.4, -0.2) is 25.4 Å². The number of benzene rings is 3. The molecule has 0 aromatic heterocycles. The standard InChI is InChI=1S/C24H25N3O3/c1-18(28)27(2)22-13-11-20(12-14-22)25-16-24(29)26-21-9-6-10-23(15-21)30-17-19-7-4-3-5-8-19/h3-15,25H,16-17H2,1-2H3,(H,26,29).